The van der Waals surface area contributed by atoms with Gasteiger partial charge in [-0.3, -0.25) is 4.79 Å². The number of amides is 1. The van der Waals surface area contributed by atoms with Crippen LogP contribution in [0.15, 0.2) is 18.2 Å². The highest BCUT2D eigenvalue weighted by Gasteiger charge is 2.29. The molecule has 0 unspecified atom stereocenters. The molecule has 3 rings (SSSR count). The number of nitrogens with zero attached hydrogens (tertiary/aromatic N) is 1. The third-order valence-corrected chi connectivity index (χ3v) is 6.85. The average Bonchev–Trinajstić information content (AvgIpc) is 3.46. The summed E-state index contributed by atoms with van der Waals surface area (Å²) in [5.41, 5.74) is 0.753. The molecule has 0 aromatic heterocycles. The normalized spacial score (nSPS) is 17.6. The number of rotatable bonds is 15. The number of carbonyl (C=O) groups is 3. The van der Waals surface area contributed by atoms with Crippen molar-refractivity contribution in [3.05, 3.63) is 23.8 Å². The van der Waals surface area contributed by atoms with E-state index < -0.39 is 30.3 Å². The van der Waals surface area contributed by atoms with Crippen LogP contribution < -0.4 is 14.8 Å². The van der Waals surface area contributed by atoms with Gasteiger partial charge in [-0.25, -0.2) is 9.59 Å². The summed E-state index contributed by atoms with van der Waals surface area (Å²) in [5, 5.41) is 46.8. The van der Waals surface area contributed by atoms with E-state index in [1.54, 1.807) is 0 Å². The van der Waals surface area contributed by atoms with Crippen molar-refractivity contribution in [1.82, 2.24) is 10.2 Å². The molecule has 1 saturated heterocycles. The topological polar surface area (TPSA) is 186 Å². The van der Waals surface area contributed by atoms with Crippen molar-refractivity contribution in [2.45, 2.75) is 89.1 Å². The Morgan fingerprint density at radius 3 is 2.05 bits per heavy atom. The van der Waals surface area contributed by atoms with E-state index in [0.29, 0.717) is 37.7 Å². The third-order valence-electron chi connectivity index (χ3n) is 6.85. The van der Waals surface area contributed by atoms with Crippen LogP contribution in [0.25, 0.3) is 0 Å². The number of carbonyl (C=O) groups excluding carboxylic acids is 1. The Bertz CT molecular complexity index is 920. The van der Waals surface area contributed by atoms with Crippen molar-refractivity contribution in [3.63, 3.8) is 0 Å². The summed E-state index contributed by atoms with van der Waals surface area (Å²) in [4.78, 5) is 34.5. The van der Waals surface area contributed by atoms with Crippen LogP contribution in [-0.4, -0.2) is 99.4 Å². The lowest BCUT2D eigenvalue weighted by atomic mass is 10.0. The van der Waals surface area contributed by atoms with Crippen molar-refractivity contribution < 1.29 is 49.4 Å². The minimum absolute atomic E-state index is 0.0336. The molecule has 226 valence electrons. The zero-order valence-corrected chi connectivity index (χ0v) is 23.2. The van der Waals surface area contributed by atoms with E-state index in [0.717, 1.165) is 31.5 Å². The Morgan fingerprint density at radius 1 is 0.875 bits per heavy atom. The summed E-state index contributed by atoms with van der Waals surface area (Å²) < 4.78 is 11.3. The first-order valence-electron chi connectivity index (χ1n) is 14.0. The molecule has 1 fully saturated rings. The number of nitrogens with one attached hydrogen (secondary N) is 1. The molecule has 0 aliphatic carbocycles. The first-order chi connectivity index (χ1) is 19.1. The fraction of sp³-hybridized carbons (Fsp3) is 0.679. The van der Waals surface area contributed by atoms with Crippen LogP contribution >= 0.6 is 0 Å². The number of ether oxygens (including phenoxy) is 2. The van der Waals surface area contributed by atoms with Crippen molar-refractivity contribution in [2.24, 2.45) is 0 Å². The van der Waals surface area contributed by atoms with Crippen molar-refractivity contribution >= 4 is 17.8 Å². The number of benzene rings is 1. The SMILES string of the molecule is CCCCCCCCC(=O)N[C@H](CN1CCCC1)[C@H](O)c1ccc2c(c1)OCCO2.O=C(O)[C@H](O)[C@@H](O)C(=O)O. The van der Waals surface area contributed by atoms with E-state index >= 15 is 0 Å². The Morgan fingerprint density at radius 2 is 1.45 bits per heavy atom. The quantitative estimate of drug-likeness (QED) is 0.169. The van der Waals surface area contributed by atoms with Gasteiger partial charge in [0.1, 0.15) is 19.3 Å². The van der Waals surface area contributed by atoms with Gasteiger partial charge in [-0.2, -0.15) is 0 Å². The number of likely N-dealkylation sites (tertiary alicyclic amines) is 1. The van der Waals surface area contributed by atoms with E-state index in [1.165, 1.54) is 38.5 Å². The Hall–Kier alpha value is -2.93. The maximum absolute atomic E-state index is 12.6. The largest absolute Gasteiger partial charge is 0.486 e. The number of fused-ring (bicyclic) bond motifs is 1. The van der Waals surface area contributed by atoms with Gasteiger partial charge in [0, 0.05) is 13.0 Å². The van der Waals surface area contributed by atoms with Gasteiger partial charge < -0.3 is 45.2 Å². The van der Waals surface area contributed by atoms with Crippen LogP contribution in [0.3, 0.4) is 0 Å². The molecule has 1 aromatic rings. The smallest absolute Gasteiger partial charge is 0.335 e. The molecule has 12 heteroatoms. The molecule has 4 atom stereocenters. The van der Waals surface area contributed by atoms with Crippen LogP contribution in [0.5, 0.6) is 11.5 Å². The zero-order chi connectivity index (χ0) is 29.5. The zero-order valence-electron chi connectivity index (χ0n) is 23.2. The lowest BCUT2D eigenvalue weighted by Gasteiger charge is -2.29. The molecule has 1 amide bonds. The highest BCUT2D eigenvalue weighted by Crippen LogP contribution is 2.33. The standard InChI is InChI=1S/C24H38N2O4.C4H6O6/c1-2-3-4-5-6-7-10-23(27)25-20(18-26-13-8-9-14-26)24(28)19-11-12-21-22(17-19)30-16-15-29-21;5-1(3(7)8)2(6)4(9)10/h11-12,17,20,24,28H,2-10,13-16,18H2,1H3,(H,25,27);1-2,5-6H,(H,7,8)(H,9,10)/t20-,24-;1-,2-/m11/s1. The number of hydrogen-bond donors (Lipinski definition) is 6. The number of carboxylic acids is 2. The molecule has 12 nitrogen and oxygen atoms in total. The molecule has 40 heavy (non-hydrogen) atoms. The lowest BCUT2D eigenvalue weighted by molar-refractivity contribution is -0.165. The number of aliphatic hydroxyl groups excluding tert-OH is 3. The highest BCUT2D eigenvalue weighted by molar-refractivity contribution is 5.83. The Labute approximate surface area is 234 Å². The fourth-order valence-corrected chi connectivity index (χ4v) is 4.56. The van der Waals surface area contributed by atoms with Crippen LogP contribution in [0.1, 0.15) is 76.4 Å². The molecule has 2 aliphatic rings. The minimum Gasteiger partial charge on any atom is -0.486 e. The van der Waals surface area contributed by atoms with E-state index in [9.17, 15) is 19.5 Å². The van der Waals surface area contributed by atoms with Crippen LogP contribution in [-0.2, 0) is 14.4 Å². The summed E-state index contributed by atoms with van der Waals surface area (Å²) in [7, 11) is 0. The van der Waals surface area contributed by atoms with Gasteiger partial charge in [-0.05, 0) is 50.0 Å². The lowest BCUT2D eigenvalue weighted by Crippen LogP contribution is -2.46. The average molecular weight is 569 g/mol. The van der Waals surface area contributed by atoms with E-state index in [4.69, 9.17) is 29.9 Å². The maximum Gasteiger partial charge on any atom is 0.335 e. The number of carboxylic acid groups (broad SMARTS) is 2. The molecule has 6 N–H and O–H groups in total. The highest BCUT2D eigenvalue weighted by atomic mass is 16.6. The number of unbranched alkanes of at least 4 members (excludes halogenated alkanes) is 5. The van der Waals surface area contributed by atoms with Gasteiger partial charge in [0.05, 0.1) is 6.04 Å². The number of aliphatic hydroxyl groups is 3. The predicted octanol–water partition coefficient (Wildman–Crippen LogP) is 1.70. The summed E-state index contributed by atoms with van der Waals surface area (Å²) >= 11 is 0. The van der Waals surface area contributed by atoms with Gasteiger partial charge in [0.15, 0.2) is 23.7 Å². The molecule has 0 spiro atoms. The fourth-order valence-electron chi connectivity index (χ4n) is 4.56. The minimum atomic E-state index is -2.27. The second-order valence-electron chi connectivity index (χ2n) is 10.1. The van der Waals surface area contributed by atoms with Gasteiger partial charge in [0.25, 0.3) is 0 Å². The van der Waals surface area contributed by atoms with Crippen molar-refractivity contribution in [1.29, 1.82) is 0 Å². The molecule has 1 aromatic carbocycles. The first kappa shape index (κ1) is 33.3. The van der Waals surface area contributed by atoms with Crippen LogP contribution in [0.4, 0.5) is 0 Å². The molecular formula is C28H44N2O10. The number of hydrogen-bond acceptors (Lipinski definition) is 9. The van der Waals surface area contributed by atoms with E-state index in [2.05, 4.69) is 17.1 Å². The van der Waals surface area contributed by atoms with Gasteiger partial charge in [0.2, 0.25) is 5.91 Å². The third kappa shape index (κ3) is 11.3. The maximum atomic E-state index is 12.6. The molecule has 2 aliphatic heterocycles. The van der Waals surface area contributed by atoms with Crippen molar-refractivity contribution in [2.75, 3.05) is 32.8 Å². The van der Waals surface area contributed by atoms with Crippen LogP contribution in [0.2, 0.25) is 0 Å². The van der Waals surface area contributed by atoms with E-state index in [-0.39, 0.29) is 11.9 Å². The van der Waals surface area contributed by atoms with E-state index in [1.807, 2.05) is 18.2 Å². The molecule has 0 bridgehead atoms. The predicted molar refractivity (Wildman–Crippen MR) is 145 cm³/mol. The molecule has 0 saturated carbocycles. The Kier molecular flexibility index (Phi) is 14.7. The van der Waals surface area contributed by atoms with Gasteiger partial charge in [-0.1, -0.05) is 45.1 Å². The second kappa shape index (κ2) is 17.7. The summed E-state index contributed by atoms with van der Waals surface area (Å²) in [6, 6.07) is 5.22. The molecular weight excluding hydrogens is 524 g/mol. The van der Waals surface area contributed by atoms with Crippen LogP contribution in [0, 0.1) is 0 Å². The molecule has 2 heterocycles. The summed E-state index contributed by atoms with van der Waals surface area (Å²) in [5.74, 6) is -2.13. The first-order valence-corrected chi connectivity index (χ1v) is 14.0. The van der Waals surface area contributed by atoms with Crippen molar-refractivity contribution in [3.8, 4) is 11.5 Å². The second-order valence-corrected chi connectivity index (χ2v) is 10.1. The Balaban J connectivity index is 0.000000478. The summed E-state index contributed by atoms with van der Waals surface area (Å²) in [6.45, 7) is 5.98. The summed E-state index contributed by atoms with van der Waals surface area (Å²) in [6.07, 6.45) is 4.51. The van der Waals surface area contributed by atoms with Gasteiger partial charge >= 0.3 is 11.9 Å². The van der Waals surface area contributed by atoms with Gasteiger partial charge in [-0.15, -0.1) is 0 Å². The monoisotopic (exact) mass is 568 g/mol. The number of aliphatic carboxylic acids is 2. The molecule has 0 radical (unpaired) electrons.